The Hall–Kier alpha value is -3.59. The highest BCUT2D eigenvalue weighted by atomic mass is 15.1. The third-order valence-electron chi connectivity index (χ3n) is 4.39. The summed E-state index contributed by atoms with van der Waals surface area (Å²) in [6, 6.07) is 19.5. The van der Waals surface area contributed by atoms with Crippen molar-refractivity contribution in [3.05, 3.63) is 65.9 Å². The summed E-state index contributed by atoms with van der Waals surface area (Å²) < 4.78 is 0. The van der Waals surface area contributed by atoms with Crippen LogP contribution in [0.25, 0.3) is 0 Å². The molecule has 3 aromatic rings. The van der Waals surface area contributed by atoms with E-state index in [1.165, 1.54) is 5.69 Å². The highest BCUT2D eigenvalue weighted by Crippen LogP contribution is 2.22. The second-order valence-corrected chi connectivity index (χ2v) is 6.38. The van der Waals surface area contributed by atoms with Gasteiger partial charge in [-0.25, -0.2) is 4.98 Å². The first-order valence-electron chi connectivity index (χ1n) is 9.36. The molecule has 6 heteroatoms. The maximum absolute atomic E-state index is 8.90. The van der Waals surface area contributed by atoms with E-state index in [0.717, 1.165) is 30.2 Å². The second kappa shape index (κ2) is 8.87. The zero-order valence-corrected chi connectivity index (χ0v) is 16.4. The lowest BCUT2D eigenvalue weighted by atomic mass is 10.2. The predicted molar refractivity (Wildman–Crippen MR) is 114 cm³/mol. The first-order chi connectivity index (χ1) is 13.6. The van der Waals surface area contributed by atoms with Gasteiger partial charge in [-0.2, -0.15) is 10.2 Å². The number of hydrogen-bond donors (Lipinski definition) is 2. The number of anilines is 5. The van der Waals surface area contributed by atoms with Crippen LogP contribution in [0, 0.1) is 18.3 Å². The Bertz CT molecular complexity index is 954. The quantitative estimate of drug-likeness (QED) is 0.608. The van der Waals surface area contributed by atoms with Gasteiger partial charge in [-0.1, -0.05) is 0 Å². The van der Waals surface area contributed by atoms with Gasteiger partial charge in [-0.05, 0) is 69.3 Å². The molecule has 0 radical (unpaired) electrons. The van der Waals surface area contributed by atoms with E-state index in [9.17, 15) is 0 Å². The van der Waals surface area contributed by atoms with Crippen molar-refractivity contribution in [1.29, 1.82) is 5.26 Å². The van der Waals surface area contributed by atoms with E-state index >= 15 is 0 Å². The van der Waals surface area contributed by atoms with Gasteiger partial charge in [0.15, 0.2) is 0 Å². The summed E-state index contributed by atoms with van der Waals surface area (Å²) in [5.41, 5.74) is 4.48. The summed E-state index contributed by atoms with van der Waals surface area (Å²) in [4.78, 5) is 11.3. The summed E-state index contributed by atoms with van der Waals surface area (Å²) in [5, 5.41) is 15.4. The summed E-state index contributed by atoms with van der Waals surface area (Å²) in [5.74, 6) is 1.23. The van der Waals surface area contributed by atoms with Crippen LogP contribution in [0.15, 0.2) is 54.6 Å². The van der Waals surface area contributed by atoms with Gasteiger partial charge in [0, 0.05) is 41.9 Å². The molecule has 0 amide bonds. The number of nitriles is 1. The topological polar surface area (TPSA) is 76.9 Å². The monoisotopic (exact) mass is 372 g/mol. The zero-order chi connectivity index (χ0) is 19.9. The van der Waals surface area contributed by atoms with E-state index in [1.54, 1.807) is 12.1 Å². The van der Waals surface area contributed by atoms with E-state index in [0.29, 0.717) is 17.3 Å². The normalized spacial score (nSPS) is 10.2. The Morgan fingerprint density at radius 2 is 1.50 bits per heavy atom. The van der Waals surface area contributed by atoms with Crippen LogP contribution in [-0.2, 0) is 0 Å². The maximum Gasteiger partial charge on any atom is 0.229 e. The maximum atomic E-state index is 8.90. The Morgan fingerprint density at radius 1 is 0.893 bits per heavy atom. The average Bonchev–Trinajstić information content (AvgIpc) is 2.70. The Kier molecular flexibility index (Phi) is 6.07. The minimum Gasteiger partial charge on any atom is -0.372 e. The Balaban J connectivity index is 1.75. The average molecular weight is 372 g/mol. The highest BCUT2D eigenvalue weighted by Gasteiger charge is 2.05. The molecule has 0 atom stereocenters. The highest BCUT2D eigenvalue weighted by molar-refractivity contribution is 5.62. The Morgan fingerprint density at radius 3 is 2.11 bits per heavy atom. The SMILES string of the molecule is CCN(CC)c1ccc(Nc2nc(C)cc(Nc3ccc(C#N)cc3)n2)cc1. The van der Waals surface area contributed by atoms with Gasteiger partial charge in [0.2, 0.25) is 5.95 Å². The number of benzene rings is 2. The lowest BCUT2D eigenvalue weighted by Crippen LogP contribution is -2.21. The van der Waals surface area contributed by atoms with Crippen molar-refractivity contribution in [3.63, 3.8) is 0 Å². The number of aromatic nitrogens is 2. The largest absolute Gasteiger partial charge is 0.372 e. The molecule has 0 fully saturated rings. The van der Waals surface area contributed by atoms with Crippen molar-refractivity contribution >= 4 is 28.8 Å². The summed E-state index contributed by atoms with van der Waals surface area (Å²) in [6.45, 7) is 8.20. The van der Waals surface area contributed by atoms with Crippen LogP contribution in [0.3, 0.4) is 0 Å². The fourth-order valence-electron chi connectivity index (χ4n) is 2.94. The van der Waals surface area contributed by atoms with Crippen LogP contribution >= 0.6 is 0 Å². The van der Waals surface area contributed by atoms with E-state index < -0.39 is 0 Å². The van der Waals surface area contributed by atoms with Crippen LogP contribution in [0.4, 0.5) is 28.8 Å². The number of aryl methyl sites for hydroxylation is 1. The lowest BCUT2D eigenvalue weighted by molar-refractivity contribution is 0.866. The standard InChI is InChI=1S/C22H24N6/c1-4-28(5-2)20-12-10-19(11-13-20)26-22-24-16(3)14-21(27-22)25-18-8-6-17(15-23)7-9-18/h6-14H,4-5H2,1-3H3,(H2,24,25,26,27). The van der Waals surface area contributed by atoms with Gasteiger partial charge in [0.1, 0.15) is 5.82 Å². The van der Waals surface area contributed by atoms with Crippen molar-refractivity contribution < 1.29 is 0 Å². The summed E-state index contributed by atoms with van der Waals surface area (Å²) >= 11 is 0. The van der Waals surface area contributed by atoms with Gasteiger partial charge in [0.25, 0.3) is 0 Å². The van der Waals surface area contributed by atoms with Crippen molar-refractivity contribution in [2.75, 3.05) is 28.6 Å². The van der Waals surface area contributed by atoms with Gasteiger partial charge >= 0.3 is 0 Å². The van der Waals surface area contributed by atoms with E-state index in [2.05, 4.69) is 57.6 Å². The fraction of sp³-hybridized carbons (Fsp3) is 0.227. The van der Waals surface area contributed by atoms with Crippen LogP contribution in [-0.4, -0.2) is 23.1 Å². The second-order valence-electron chi connectivity index (χ2n) is 6.38. The molecule has 0 bridgehead atoms. The molecule has 0 aliphatic carbocycles. The zero-order valence-electron chi connectivity index (χ0n) is 16.4. The smallest absolute Gasteiger partial charge is 0.229 e. The van der Waals surface area contributed by atoms with E-state index in [1.807, 2.05) is 37.3 Å². The number of nitrogens with one attached hydrogen (secondary N) is 2. The Labute approximate surface area is 165 Å². The number of hydrogen-bond acceptors (Lipinski definition) is 6. The van der Waals surface area contributed by atoms with E-state index in [4.69, 9.17) is 5.26 Å². The third kappa shape index (κ3) is 4.77. The van der Waals surface area contributed by atoms with Crippen LogP contribution in [0.2, 0.25) is 0 Å². The molecule has 2 N–H and O–H groups in total. The molecule has 0 aliphatic rings. The number of nitrogens with zero attached hydrogens (tertiary/aromatic N) is 4. The molecule has 0 saturated heterocycles. The van der Waals surface area contributed by atoms with Crippen LogP contribution in [0.1, 0.15) is 25.1 Å². The van der Waals surface area contributed by atoms with Crippen molar-refractivity contribution in [2.45, 2.75) is 20.8 Å². The molecule has 2 aromatic carbocycles. The molecule has 0 saturated carbocycles. The van der Waals surface area contributed by atoms with Gasteiger partial charge in [0.05, 0.1) is 11.6 Å². The van der Waals surface area contributed by atoms with Crippen molar-refractivity contribution in [3.8, 4) is 6.07 Å². The van der Waals surface area contributed by atoms with Gasteiger partial charge in [-0.3, -0.25) is 0 Å². The molecule has 3 rings (SSSR count). The lowest BCUT2D eigenvalue weighted by Gasteiger charge is -2.21. The summed E-state index contributed by atoms with van der Waals surface area (Å²) in [7, 11) is 0. The molecule has 6 nitrogen and oxygen atoms in total. The van der Waals surface area contributed by atoms with Crippen LogP contribution in [0.5, 0.6) is 0 Å². The van der Waals surface area contributed by atoms with Crippen molar-refractivity contribution in [1.82, 2.24) is 9.97 Å². The van der Waals surface area contributed by atoms with E-state index in [-0.39, 0.29) is 0 Å². The predicted octanol–water partition coefficient (Wildman–Crippen LogP) is 4.99. The van der Waals surface area contributed by atoms with Crippen LogP contribution < -0.4 is 15.5 Å². The van der Waals surface area contributed by atoms with Gasteiger partial charge < -0.3 is 15.5 Å². The molecule has 1 aromatic heterocycles. The molecule has 142 valence electrons. The minimum absolute atomic E-state index is 0.534. The molecule has 0 aliphatic heterocycles. The first kappa shape index (κ1) is 19.2. The van der Waals surface area contributed by atoms with Gasteiger partial charge in [-0.15, -0.1) is 0 Å². The summed E-state index contributed by atoms with van der Waals surface area (Å²) in [6.07, 6.45) is 0. The van der Waals surface area contributed by atoms with Crippen molar-refractivity contribution in [2.24, 2.45) is 0 Å². The molecular weight excluding hydrogens is 348 g/mol. The minimum atomic E-state index is 0.534. The molecule has 28 heavy (non-hydrogen) atoms. The first-order valence-corrected chi connectivity index (χ1v) is 9.36. The molecule has 0 spiro atoms. The molecular formula is C22H24N6. The third-order valence-corrected chi connectivity index (χ3v) is 4.39. The fourth-order valence-corrected chi connectivity index (χ4v) is 2.94. The molecule has 1 heterocycles. The molecule has 0 unspecified atom stereocenters. The number of rotatable bonds is 7.